The Balaban J connectivity index is 1.44. The standard InChI is InChI=1S/C22H16N2O4/c25-22(19-10-4-5-11-20(19)28-18-9-6-12-23-13-18)27-15-17-14-26-21(24-17)16-7-2-1-3-8-16/h1-14H,15H2. The fourth-order valence-electron chi connectivity index (χ4n) is 2.56. The van der Waals surface area contributed by atoms with Gasteiger partial charge < -0.3 is 13.9 Å². The molecule has 0 saturated heterocycles. The predicted molar refractivity (Wildman–Crippen MR) is 102 cm³/mol. The van der Waals surface area contributed by atoms with Crippen molar-refractivity contribution in [1.29, 1.82) is 0 Å². The SMILES string of the molecule is O=C(OCc1coc(-c2ccccc2)n1)c1ccccc1Oc1cccnc1. The Labute approximate surface area is 161 Å². The smallest absolute Gasteiger partial charge is 0.342 e. The Kier molecular flexibility index (Phi) is 5.11. The highest BCUT2D eigenvalue weighted by atomic mass is 16.5. The van der Waals surface area contributed by atoms with Gasteiger partial charge in [0.25, 0.3) is 0 Å². The van der Waals surface area contributed by atoms with Gasteiger partial charge >= 0.3 is 5.97 Å². The highest BCUT2D eigenvalue weighted by Gasteiger charge is 2.16. The summed E-state index contributed by atoms with van der Waals surface area (Å²) in [6.45, 7) is -0.00358. The number of esters is 1. The zero-order chi connectivity index (χ0) is 19.2. The van der Waals surface area contributed by atoms with E-state index in [9.17, 15) is 4.79 Å². The third-order valence-electron chi connectivity index (χ3n) is 3.89. The summed E-state index contributed by atoms with van der Waals surface area (Å²) in [7, 11) is 0. The van der Waals surface area contributed by atoms with E-state index in [1.54, 1.807) is 48.8 Å². The third kappa shape index (κ3) is 4.07. The van der Waals surface area contributed by atoms with E-state index in [0.717, 1.165) is 5.56 Å². The van der Waals surface area contributed by atoms with Crippen LogP contribution in [-0.2, 0) is 11.3 Å². The van der Waals surface area contributed by atoms with E-state index >= 15 is 0 Å². The van der Waals surface area contributed by atoms with Crippen molar-refractivity contribution in [2.45, 2.75) is 6.61 Å². The molecule has 2 aromatic heterocycles. The van der Waals surface area contributed by atoms with E-state index in [1.165, 1.54) is 6.26 Å². The van der Waals surface area contributed by atoms with Crippen LogP contribution in [0.15, 0.2) is 89.8 Å². The third-order valence-corrected chi connectivity index (χ3v) is 3.89. The second-order valence-corrected chi connectivity index (χ2v) is 5.87. The average molecular weight is 372 g/mol. The first-order chi connectivity index (χ1) is 13.8. The lowest BCUT2D eigenvalue weighted by atomic mass is 10.2. The molecule has 0 aliphatic rings. The van der Waals surface area contributed by atoms with E-state index in [4.69, 9.17) is 13.9 Å². The number of carbonyl (C=O) groups is 1. The van der Waals surface area contributed by atoms with Crippen molar-refractivity contribution < 1.29 is 18.7 Å². The van der Waals surface area contributed by atoms with Crippen LogP contribution in [0.2, 0.25) is 0 Å². The monoisotopic (exact) mass is 372 g/mol. The van der Waals surface area contributed by atoms with Crippen LogP contribution in [0.5, 0.6) is 11.5 Å². The van der Waals surface area contributed by atoms with Crippen LogP contribution in [0.3, 0.4) is 0 Å². The maximum atomic E-state index is 12.5. The minimum absolute atomic E-state index is 0.00358. The first kappa shape index (κ1) is 17.5. The first-order valence-electron chi connectivity index (χ1n) is 8.63. The van der Waals surface area contributed by atoms with Gasteiger partial charge in [-0.2, -0.15) is 0 Å². The zero-order valence-electron chi connectivity index (χ0n) is 14.8. The lowest BCUT2D eigenvalue weighted by molar-refractivity contribution is 0.0465. The Morgan fingerprint density at radius 1 is 0.964 bits per heavy atom. The normalized spacial score (nSPS) is 10.4. The van der Waals surface area contributed by atoms with Crippen molar-refractivity contribution in [3.05, 3.63) is 96.6 Å². The summed E-state index contributed by atoms with van der Waals surface area (Å²) in [5.74, 6) is 0.896. The van der Waals surface area contributed by atoms with Crippen molar-refractivity contribution in [1.82, 2.24) is 9.97 Å². The van der Waals surface area contributed by atoms with Crippen LogP contribution in [0, 0.1) is 0 Å². The Hall–Kier alpha value is -3.93. The molecule has 4 rings (SSSR count). The molecule has 0 bridgehead atoms. The summed E-state index contributed by atoms with van der Waals surface area (Å²) in [5.41, 5.74) is 1.70. The highest BCUT2D eigenvalue weighted by molar-refractivity contribution is 5.92. The number of para-hydroxylation sites is 1. The van der Waals surface area contributed by atoms with Gasteiger partial charge in [0, 0.05) is 11.8 Å². The molecule has 6 nitrogen and oxygen atoms in total. The maximum Gasteiger partial charge on any atom is 0.342 e. The van der Waals surface area contributed by atoms with Crippen molar-refractivity contribution in [3.8, 4) is 23.0 Å². The number of benzene rings is 2. The lowest BCUT2D eigenvalue weighted by Crippen LogP contribution is -2.07. The molecule has 0 unspecified atom stereocenters. The average Bonchev–Trinajstić information content (AvgIpc) is 3.23. The van der Waals surface area contributed by atoms with Gasteiger partial charge in [-0.3, -0.25) is 4.98 Å². The molecule has 2 heterocycles. The summed E-state index contributed by atoms with van der Waals surface area (Å²) in [4.78, 5) is 20.9. The molecule has 0 aliphatic carbocycles. The van der Waals surface area contributed by atoms with Gasteiger partial charge in [-0.05, 0) is 36.4 Å². The molecular formula is C22H16N2O4. The Morgan fingerprint density at radius 3 is 2.61 bits per heavy atom. The molecule has 2 aromatic carbocycles. The topological polar surface area (TPSA) is 74.5 Å². The molecule has 0 N–H and O–H groups in total. The van der Waals surface area contributed by atoms with Gasteiger partial charge in [-0.15, -0.1) is 0 Å². The fraction of sp³-hybridized carbons (Fsp3) is 0.0455. The van der Waals surface area contributed by atoms with Crippen LogP contribution in [-0.4, -0.2) is 15.9 Å². The van der Waals surface area contributed by atoms with Crippen LogP contribution in [0.1, 0.15) is 16.1 Å². The van der Waals surface area contributed by atoms with Gasteiger partial charge in [-0.1, -0.05) is 30.3 Å². The number of aromatic nitrogens is 2. The van der Waals surface area contributed by atoms with E-state index in [0.29, 0.717) is 28.6 Å². The number of pyridine rings is 1. The molecule has 28 heavy (non-hydrogen) atoms. The van der Waals surface area contributed by atoms with Crippen LogP contribution >= 0.6 is 0 Å². The molecule has 138 valence electrons. The first-order valence-corrected chi connectivity index (χ1v) is 8.63. The minimum Gasteiger partial charge on any atom is -0.455 e. The van der Waals surface area contributed by atoms with Crippen molar-refractivity contribution in [3.63, 3.8) is 0 Å². The van der Waals surface area contributed by atoms with Gasteiger partial charge in [0.15, 0.2) is 0 Å². The van der Waals surface area contributed by atoms with E-state index in [2.05, 4.69) is 9.97 Å². The largest absolute Gasteiger partial charge is 0.455 e. The predicted octanol–water partition coefficient (Wildman–Crippen LogP) is 4.89. The molecule has 6 heteroatoms. The van der Waals surface area contributed by atoms with Gasteiger partial charge in [0.1, 0.15) is 35.6 Å². The zero-order valence-corrected chi connectivity index (χ0v) is 14.8. The molecule has 0 amide bonds. The van der Waals surface area contributed by atoms with Crippen LogP contribution < -0.4 is 4.74 Å². The van der Waals surface area contributed by atoms with Gasteiger partial charge in [0.2, 0.25) is 5.89 Å². The molecule has 0 atom stereocenters. The Bertz CT molecular complexity index is 1060. The van der Waals surface area contributed by atoms with E-state index in [1.807, 2.05) is 30.3 Å². The number of ether oxygens (including phenoxy) is 2. The molecule has 0 radical (unpaired) electrons. The summed E-state index contributed by atoms with van der Waals surface area (Å²) in [6.07, 6.45) is 4.70. The lowest BCUT2D eigenvalue weighted by Gasteiger charge is -2.10. The number of hydrogen-bond donors (Lipinski definition) is 0. The fourth-order valence-corrected chi connectivity index (χ4v) is 2.56. The molecule has 0 fully saturated rings. The molecular weight excluding hydrogens is 356 g/mol. The highest BCUT2D eigenvalue weighted by Crippen LogP contribution is 2.25. The second-order valence-electron chi connectivity index (χ2n) is 5.87. The Morgan fingerprint density at radius 2 is 1.79 bits per heavy atom. The second kappa shape index (κ2) is 8.18. The van der Waals surface area contributed by atoms with E-state index in [-0.39, 0.29) is 6.61 Å². The van der Waals surface area contributed by atoms with Crippen LogP contribution in [0.4, 0.5) is 0 Å². The molecule has 0 spiro atoms. The van der Waals surface area contributed by atoms with Crippen molar-refractivity contribution in [2.24, 2.45) is 0 Å². The van der Waals surface area contributed by atoms with Crippen LogP contribution in [0.25, 0.3) is 11.5 Å². The van der Waals surface area contributed by atoms with Gasteiger partial charge in [-0.25, -0.2) is 9.78 Å². The van der Waals surface area contributed by atoms with E-state index < -0.39 is 5.97 Å². The number of hydrogen-bond acceptors (Lipinski definition) is 6. The molecule has 0 aliphatic heterocycles. The summed E-state index contributed by atoms with van der Waals surface area (Å²) in [5, 5.41) is 0. The molecule has 0 saturated carbocycles. The quantitative estimate of drug-likeness (QED) is 0.449. The summed E-state index contributed by atoms with van der Waals surface area (Å²) < 4.78 is 16.6. The van der Waals surface area contributed by atoms with Crippen molar-refractivity contribution in [2.75, 3.05) is 0 Å². The minimum atomic E-state index is -0.510. The van der Waals surface area contributed by atoms with Gasteiger partial charge in [0.05, 0.1) is 6.20 Å². The number of nitrogens with zero attached hydrogens (tertiary/aromatic N) is 2. The number of oxazole rings is 1. The summed E-state index contributed by atoms with van der Waals surface area (Å²) >= 11 is 0. The maximum absolute atomic E-state index is 12.5. The molecule has 4 aromatic rings. The summed E-state index contributed by atoms with van der Waals surface area (Å²) in [6, 6.07) is 19.9. The number of carbonyl (C=O) groups excluding carboxylic acids is 1. The number of rotatable bonds is 6. The van der Waals surface area contributed by atoms with Crippen molar-refractivity contribution >= 4 is 5.97 Å².